The fraction of sp³-hybridized carbons (Fsp3) is 0.182. The molecule has 7 heteroatoms. The molecule has 0 saturated heterocycles. The van der Waals surface area contributed by atoms with Crippen LogP contribution in [-0.4, -0.2) is 33.9 Å². The van der Waals surface area contributed by atoms with Gasteiger partial charge in [0, 0.05) is 13.1 Å². The Morgan fingerprint density at radius 1 is 1.14 bits per heavy atom. The minimum atomic E-state index is -0.528. The smallest absolute Gasteiger partial charge is 0.390 e. The summed E-state index contributed by atoms with van der Waals surface area (Å²) in [5.41, 5.74) is 1.16. The van der Waals surface area contributed by atoms with E-state index in [1.54, 1.807) is 11.0 Å². The number of hydrogen-bond acceptors (Lipinski definition) is 3. The van der Waals surface area contributed by atoms with E-state index >= 15 is 0 Å². The average molecular weight is 412 g/mol. The van der Waals surface area contributed by atoms with Gasteiger partial charge in [-0.25, -0.2) is 9.18 Å². The predicted octanol–water partition coefficient (Wildman–Crippen LogP) is 5.81. The maximum Gasteiger partial charge on any atom is 0.416 e. The number of carbonyl (C=O) groups is 1. The maximum atomic E-state index is 13.7. The zero-order valence-electron chi connectivity index (χ0n) is 16.0. The molecule has 0 spiro atoms. The first-order chi connectivity index (χ1) is 14.0. The molecule has 4 rings (SSSR count). The van der Waals surface area contributed by atoms with Crippen molar-refractivity contribution in [3.63, 3.8) is 0 Å². The molecule has 0 unspecified atom stereocenters. The van der Waals surface area contributed by atoms with E-state index in [0.717, 1.165) is 10.8 Å². The molecule has 29 heavy (non-hydrogen) atoms. The molecule has 0 bridgehead atoms. The molecule has 0 radical (unpaired) electrons. The second-order valence-electron chi connectivity index (χ2n) is 6.54. The third kappa shape index (κ3) is 3.40. The second-order valence-corrected chi connectivity index (χ2v) is 6.94. The lowest BCUT2D eigenvalue weighted by atomic mass is 10.1. The van der Waals surface area contributed by atoms with E-state index in [1.807, 2.05) is 50.2 Å². The molecule has 0 aliphatic heterocycles. The van der Waals surface area contributed by atoms with Crippen molar-refractivity contribution in [1.29, 1.82) is 0 Å². The van der Waals surface area contributed by atoms with Gasteiger partial charge in [-0.15, -0.1) is 0 Å². The maximum absolute atomic E-state index is 13.7. The Bertz CT molecular complexity index is 1220. The van der Waals surface area contributed by atoms with Crippen molar-refractivity contribution in [2.75, 3.05) is 13.1 Å². The number of hydrogen-bond donors (Lipinski definition) is 0. The van der Waals surface area contributed by atoms with Gasteiger partial charge >= 0.3 is 6.09 Å². The lowest BCUT2D eigenvalue weighted by Gasteiger charge is -2.18. The number of carbonyl (C=O) groups excluding carboxylic acids is 1. The Morgan fingerprint density at radius 2 is 1.90 bits per heavy atom. The van der Waals surface area contributed by atoms with Crippen LogP contribution in [0.15, 0.2) is 54.6 Å². The summed E-state index contributed by atoms with van der Waals surface area (Å²) in [7, 11) is 0. The molecule has 0 aliphatic rings. The molecule has 5 nitrogen and oxygen atoms in total. The molecule has 0 N–H and O–H groups in total. The molecule has 1 heterocycles. The van der Waals surface area contributed by atoms with Crippen molar-refractivity contribution in [2.45, 2.75) is 13.8 Å². The number of benzene rings is 3. The van der Waals surface area contributed by atoms with Crippen molar-refractivity contribution in [3.05, 3.63) is 65.4 Å². The number of ether oxygens (including phenoxy) is 1. The highest BCUT2D eigenvalue weighted by Crippen LogP contribution is 2.35. The number of amides is 1. The van der Waals surface area contributed by atoms with E-state index in [0.29, 0.717) is 29.7 Å². The molecule has 1 aromatic heterocycles. The van der Waals surface area contributed by atoms with E-state index in [2.05, 4.69) is 5.10 Å². The Hall–Kier alpha value is -3.12. The van der Waals surface area contributed by atoms with Gasteiger partial charge in [-0.3, -0.25) is 0 Å². The van der Waals surface area contributed by atoms with Gasteiger partial charge in [0.1, 0.15) is 5.82 Å². The molecule has 4 aromatic rings. The highest BCUT2D eigenvalue weighted by atomic mass is 35.5. The van der Waals surface area contributed by atoms with Crippen LogP contribution in [0.2, 0.25) is 5.02 Å². The third-order valence-corrected chi connectivity index (χ3v) is 5.16. The lowest BCUT2D eigenvalue weighted by molar-refractivity contribution is 0.155. The van der Waals surface area contributed by atoms with Crippen molar-refractivity contribution in [3.8, 4) is 11.6 Å². The summed E-state index contributed by atoms with van der Waals surface area (Å²) in [6, 6.07) is 15.9. The van der Waals surface area contributed by atoms with Crippen LogP contribution in [0.25, 0.3) is 27.4 Å². The van der Waals surface area contributed by atoms with Crippen molar-refractivity contribution in [2.24, 2.45) is 0 Å². The largest absolute Gasteiger partial charge is 0.416 e. The normalized spacial score (nSPS) is 11.2. The van der Waals surface area contributed by atoms with Crippen molar-refractivity contribution in [1.82, 2.24) is 14.7 Å². The minimum Gasteiger partial charge on any atom is -0.390 e. The zero-order valence-corrected chi connectivity index (χ0v) is 16.8. The first kappa shape index (κ1) is 19.2. The van der Waals surface area contributed by atoms with Crippen molar-refractivity contribution >= 4 is 39.4 Å². The van der Waals surface area contributed by atoms with Gasteiger partial charge in [-0.05, 0) is 48.9 Å². The summed E-state index contributed by atoms with van der Waals surface area (Å²) in [6.45, 7) is 4.81. The fourth-order valence-electron chi connectivity index (χ4n) is 3.34. The predicted molar refractivity (Wildman–Crippen MR) is 112 cm³/mol. The average Bonchev–Trinajstić information content (AvgIpc) is 3.10. The molecule has 0 saturated carbocycles. The first-order valence-corrected chi connectivity index (χ1v) is 9.74. The highest BCUT2D eigenvalue weighted by Gasteiger charge is 2.22. The highest BCUT2D eigenvalue weighted by molar-refractivity contribution is 6.30. The molecule has 0 aliphatic carbocycles. The Morgan fingerprint density at radius 3 is 2.62 bits per heavy atom. The standard InChI is InChI=1S/C22H19ClFN3O2/c1-3-26(4-2)22(28)29-21-20-16-8-6-5-7-14(16)9-12-19(20)25-27(21)15-10-11-18(24)17(23)13-15/h5-13H,3-4H2,1-2H3. The third-order valence-electron chi connectivity index (χ3n) is 4.87. The van der Waals surface area contributed by atoms with E-state index in [-0.39, 0.29) is 10.9 Å². The van der Waals surface area contributed by atoms with Gasteiger partial charge in [-0.1, -0.05) is 41.9 Å². The van der Waals surface area contributed by atoms with Crippen LogP contribution in [0.5, 0.6) is 5.88 Å². The van der Waals surface area contributed by atoms with Gasteiger partial charge < -0.3 is 9.64 Å². The quantitative estimate of drug-likeness (QED) is 0.425. The molecule has 148 valence electrons. The molecular weight excluding hydrogens is 393 g/mol. The molecule has 0 atom stereocenters. The Labute approximate surface area is 172 Å². The minimum absolute atomic E-state index is 0.0343. The van der Waals surface area contributed by atoms with Crippen molar-refractivity contribution < 1.29 is 13.9 Å². The Kier molecular flexibility index (Phi) is 5.11. The summed E-state index contributed by atoms with van der Waals surface area (Å²) in [4.78, 5) is 14.3. The zero-order chi connectivity index (χ0) is 20.5. The summed E-state index contributed by atoms with van der Waals surface area (Å²) >= 11 is 5.98. The lowest BCUT2D eigenvalue weighted by Crippen LogP contribution is -2.33. The van der Waals surface area contributed by atoms with Crippen LogP contribution in [0, 0.1) is 5.82 Å². The van der Waals surface area contributed by atoms with Gasteiger partial charge in [0.2, 0.25) is 5.88 Å². The number of rotatable bonds is 4. The van der Waals surface area contributed by atoms with E-state index in [9.17, 15) is 9.18 Å². The first-order valence-electron chi connectivity index (χ1n) is 9.36. The van der Waals surface area contributed by atoms with Gasteiger partial charge in [0.05, 0.1) is 21.6 Å². The van der Waals surface area contributed by atoms with Crippen LogP contribution in [-0.2, 0) is 0 Å². The van der Waals surface area contributed by atoms with E-state index in [1.165, 1.54) is 16.8 Å². The van der Waals surface area contributed by atoms with Crippen LogP contribution in [0.4, 0.5) is 9.18 Å². The molecular formula is C22H19ClFN3O2. The topological polar surface area (TPSA) is 47.4 Å². The van der Waals surface area contributed by atoms with Crippen LogP contribution in [0.1, 0.15) is 13.8 Å². The summed E-state index contributed by atoms with van der Waals surface area (Å²) in [5.74, 6) is -0.254. The van der Waals surface area contributed by atoms with E-state index < -0.39 is 11.9 Å². The monoisotopic (exact) mass is 411 g/mol. The summed E-state index contributed by atoms with van der Waals surface area (Å²) < 4.78 is 21.0. The second kappa shape index (κ2) is 7.72. The van der Waals surface area contributed by atoms with Gasteiger partial charge in [0.15, 0.2) is 0 Å². The number of nitrogens with zero attached hydrogens (tertiary/aromatic N) is 3. The van der Waals surface area contributed by atoms with Gasteiger partial charge in [-0.2, -0.15) is 9.78 Å². The van der Waals surface area contributed by atoms with Crippen LogP contribution >= 0.6 is 11.6 Å². The molecule has 1 amide bonds. The van der Waals surface area contributed by atoms with Crippen LogP contribution < -0.4 is 4.74 Å². The van der Waals surface area contributed by atoms with E-state index in [4.69, 9.17) is 16.3 Å². The Balaban J connectivity index is 1.98. The fourth-order valence-corrected chi connectivity index (χ4v) is 3.52. The summed E-state index contributed by atoms with van der Waals surface area (Å²) in [5, 5.41) is 7.19. The number of fused-ring (bicyclic) bond motifs is 3. The number of aromatic nitrogens is 2. The molecule has 3 aromatic carbocycles. The molecule has 0 fully saturated rings. The van der Waals surface area contributed by atoms with Gasteiger partial charge in [0.25, 0.3) is 0 Å². The number of halogens is 2. The van der Waals surface area contributed by atoms with Crippen LogP contribution in [0.3, 0.4) is 0 Å². The SMILES string of the molecule is CCN(CC)C(=O)Oc1c2c(ccc3ccccc32)nn1-c1ccc(F)c(Cl)c1. The summed E-state index contributed by atoms with van der Waals surface area (Å²) in [6.07, 6.45) is -0.473.